The third-order valence-electron chi connectivity index (χ3n) is 2.69. The van der Waals surface area contributed by atoms with Gasteiger partial charge in [-0.05, 0) is 36.5 Å². The SMILES string of the molecule is CC(C)CCCOc1ccc(CCl)cc1C(F)(F)F. The van der Waals surface area contributed by atoms with Crippen LogP contribution in [0.1, 0.15) is 37.8 Å². The number of benzene rings is 1. The van der Waals surface area contributed by atoms with Crippen LogP contribution in [-0.4, -0.2) is 6.61 Å². The van der Waals surface area contributed by atoms with Gasteiger partial charge in [0.2, 0.25) is 0 Å². The third kappa shape index (κ3) is 5.31. The topological polar surface area (TPSA) is 9.23 Å². The van der Waals surface area contributed by atoms with E-state index in [0.29, 0.717) is 18.1 Å². The van der Waals surface area contributed by atoms with Crippen LogP contribution in [0.15, 0.2) is 18.2 Å². The van der Waals surface area contributed by atoms with Gasteiger partial charge in [0, 0.05) is 5.88 Å². The lowest BCUT2D eigenvalue weighted by molar-refractivity contribution is -0.139. The van der Waals surface area contributed by atoms with Crippen LogP contribution in [0.5, 0.6) is 5.75 Å². The van der Waals surface area contributed by atoms with Gasteiger partial charge in [0.05, 0.1) is 12.2 Å². The first-order chi connectivity index (χ1) is 8.84. The highest BCUT2D eigenvalue weighted by Crippen LogP contribution is 2.37. The maximum absolute atomic E-state index is 12.9. The van der Waals surface area contributed by atoms with Crippen LogP contribution >= 0.6 is 11.6 Å². The molecule has 0 atom stereocenters. The molecule has 0 amide bonds. The Morgan fingerprint density at radius 2 is 1.95 bits per heavy atom. The van der Waals surface area contributed by atoms with E-state index in [1.165, 1.54) is 6.07 Å². The van der Waals surface area contributed by atoms with Crippen molar-refractivity contribution in [1.29, 1.82) is 0 Å². The van der Waals surface area contributed by atoms with Crippen molar-refractivity contribution in [2.24, 2.45) is 5.92 Å². The van der Waals surface area contributed by atoms with Crippen molar-refractivity contribution in [2.45, 2.75) is 38.7 Å². The van der Waals surface area contributed by atoms with E-state index in [0.717, 1.165) is 18.9 Å². The Labute approximate surface area is 116 Å². The van der Waals surface area contributed by atoms with Crippen LogP contribution in [0, 0.1) is 5.92 Å². The zero-order valence-corrected chi connectivity index (χ0v) is 11.8. The van der Waals surface area contributed by atoms with E-state index in [9.17, 15) is 13.2 Å². The first-order valence-electron chi connectivity index (χ1n) is 6.23. The molecular weight excluding hydrogens is 277 g/mol. The molecule has 0 aliphatic heterocycles. The van der Waals surface area contributed by atoms with Crippen molar-refractivity contribution in [3.8, 4) is 5.75 Å². The lowest BCUT2D eigenvalue weighted by Gasteiger charge is -2.15. The van der Waals surface area contributed by atoms with Crippen molar-refractivity contribution in [2.75, 3.05) is 6.61 Å². The van der Waals surface area contributed by atoms with Gasteiger partial charge in [0.1, 0.15) is 5.75 Å². The normalized spacial score (nSPS) is 11.9. The van der Waals surface area contributed by atoms with E-state index in [-0.39, 0.29) is 11.6 Å². The zero-order chi connectivity index (χ0) is 14.5. The molecule has 0 aliphatic rings. The van der Waals surface area contributed by atoms with Gasteiger partial charge in [-0.3, -0.25) is 0 Å². The molecule has 1 rings (SSSR count). The first-order valence-corrected chi connectivity index (χ1v) is 6.77. The van der Waals surface area contributed by atoms with Gasteiger partial charge in [0.15, 0.2) is 0 Å². The molecule has 0 radical (unpaired) electrons. The van der Waals surface area contributed by atoms with E-state index in [2.05, 4.69) is 13.8 Å². The van der Waals surface area contributed by atoms with Gasteiger partial charge in [0.25, 0.3) is 0 Å². The second-order valence-corrected chi connectivity index (χ2v) is 5.11. The van der Waals surface area contributed by atoms with E-state index < -0.39 is 11.7 Å². The molecule has 1 aromatic carbocycles. The molecule has 0 aliphatic carbocycles. The van der Waals surface area contributed by atoms with Crippen LogP contribution in [-0.2, 0) is 12.1 Å². The Hall–Kier alpha value is -0.900. The molecular formula is C14H18ClF3O. The van der Waals surface area contributed by atoms with Gasteiger partial charge in [-0.25, -0.2) is 0 Å². The van der Waals surface area contributed by atoms with Crippen molar-refractivity contribution >= 4 is 11.6 Å². The number of halogens is 4. The molecule has 1 nitrogen and oxygen atoms in total. The Morgan fingerprint density at radius 3 is 2.47 bits per heavy atom. The summed E-state index contributed by atoms with van der Waals surface area (Å²) in [5, 5.41) is 0. The molecule has 0 aromatic heterocycles. The fourth-order valence-electron chi connectivity index (χ4n) is 1.68. The fraction of sp³-hybridized carbons (Fsp3) is 0.571. The summed E-state index contributed by atoms with van der Waals surface area (Å²) in [5.41, 5.74) is -0.321. The monoisotopic (exact) mass is 294 g/mol. The Morgan fingerprint density at radius 1 is 1.26 bits per heavy atom. The summed E-state index contributed by atoms with van der Waals surface area (Å²) < 4.78 is 43.9. The largest absolute Gasteiger partial charge is 0.493 e. The highest BCUT2D eigenvalue weighted by atomic mass is 35.5. The molecule has 0 saturated carbocycles. The van der Waals surface area contributed by atoms with Gasteiger partial charge >= 0.3 is 6.18 Å². The minimum absolute atomic E-state index is 0.0523. The van der Waals surface area contributed by atoms with Crippen molar-refractivity contribution in [3.05, 3.63) is 29.3 Å². The summed E-state index contributed by atoms with van der Waals surface area (Å²) in [6, 6.07) is 3.95. The predicted molar refractivity (Wildman–Crippen MR) is 70.6 cm³/mol. The smallest absolute Gasteiger partial charge is 0.419 e. The van der Waals surface area contributed by atoms with Crippen LogP contribution in [0.3, 0.4) is 0 Å². The van der Waals surface area contributed by atoms with Crippen LogP contribution in [0.25, 0.3) is 0 Å². The minimum Gasteiger partial charge on any atom is -0.493 e. The molecule has 0 bridgehead atoms. The third-order valence-corrected chi connectivity index (χ3v) is 3.00. The van der Waals surface area contributed by atoms with Gasteiger partial charge in [-0.1, -0.05) is 19.9 Å². The second-order valence-electron chi connectivity index (χ2n) is 4.85. The summed E-state index contributed by atoms with van der Waals surface area (Å²) in [6.07, 6.45) is -2.75. The molecule has 5 heteroatoms. The van der Waals surface area contributed by atoms with Crippen LogP contribution in [0.4, 0.5) is 13.2 Å². The molecule has 0 heterocycles. The molecule has 0 spiro atoms. The number of ether oxygens (including phenoxy) is 1. The number of rotatable bonds is 6. The molecule has 1 aromatic rings. The summed E-state index contributed by atoms with van der Waals surface area (Å²) in [4.78, 5) is 0. The standard InChI is InChI=1S/C14H18ClF3O/c1-10(2)4-3-7-19-13-6-5-11(9-15)8-12(13)14(16,17)18/h5-6,8,10H,3-4,7,9H2,1-2H3. The summed E-state index contributed by atoms with van der Waals surface area (Å²) in [7, 11) is 0. The highest BCUT2D eigenvalue weighted by molar-refractivity contribution is 6.17. The highest BCUT2D eigenvalue weighted by Gasteiger charge is 2.34. The van der Waals surface area contributed by atoms with Gasteiger partial charge in [-0.2, -0.15) is 13.2 Å². The summed E-state index contributed by atoms with van der Waals surface area (Å²) >= 11 is 5.55. The van der Waals surface area contributed by atoms with Gasteiger partial charge in [-0.15, -0.1) is 11.6 Å². The average Bonchev–Trinajstić information content (AvgIpc) is 2.33. The zero-order valence-electron chi connectivity index (χ0n) is 11.1. The molecule has 0 fully saturated rings. The maximum Gasteiger partial charge on any atom is 0.419 e. The Bertz CT molecular complexity index is 402. The fourth-order valence-corrected chi connectivity index (χ4v) is 1.85. The Balaban J connectivity index is 2.76. The molecule has 108 valence electrons. The molecule has 19 heavy (non-hydrogen) atoms. The summed E-state index contributed by atoms with van der Waals surface area (Å²) in [6.45, 7) is 4.42. The van der Waals surface area contributed by atoms with E-state index in [1.807, 2.05) is 0 Å². The van der Waals surface area contributed by atoms with E-state index >= 15 is 0 Å². The lowest BCUT2D eigenvalue weighted by Crippen LogP contribution is -2.10. The molecule has 0 N–H and O–H groups in total. The number of alkyl halides is 4. The van der Waals surface area contributed by atoms with Gasteiger partial charge < -0.3 is 4.74 Å². The van der Waals surface area contributed by atoms with Crippen molar-refractivity contribution in [3.63, 3.8) is 0 Å². The van der Waals surface area contributed by atoms with Crippen molar-refractivity contribution in [1.82, 2.24) is 0 Å². The van der Waals surface area contributed by atoms with Crippen LogP contribution < -0.4 is 4.74 Å². The van der Waals surface area contributed by atoms with E-state index in [1.54, 1.807) is 6.07 Å². The first kappa shape index (κ1) is 16.2. The number of hydrogen-bond acceptors (Lipinski definition) is 1. The average molecular weight is 295 g/mol. The van der Waals surface area contributed by atoms with E-state index in [4.69, 9.17) is 16.3 Å². The predicted octanol–water partition coefficient (Wildman–Crippen LogP) is 5.26. The molecule has 0 unspecified atom stereocenters. The Kier molecular flexibility index (Phi) is 5.98. The summed E-state index contributed by atoms with van der Waals surface area (Å²) in [5.74, 6) is 0.450. The van der Waals surface area contributed by atoms with Crippen molar-refractivity contribution < 1.29 is 17.9 Å². The minimum atomic E-state index is -4.42. The molecule has 0 saturated heterocycles. The van der Waals surface area contributed by atoms with Crippen LogP contribution in [0.2, 0.25) is 0 Å². The quantitative estimate of drug-likeness (QED) is 0.514. The number of hydrogen-bond donors (Lipinski definition) is 0. The maximum atomic E-state index is 12.9. The lowest BCUT2D eigenvalue weighted by atomic mass is 10.1. The second kappa shape index (κ2) is 7.04.